The molecule has 0 unspecified atom stereocenters. The lowest BCUT2D eigenvalue weighted by molar-refractivity contribution is -0.142. The maximum Gasteiger partial charge on any atom is 0.334 e. The Labute approximate surface area is 187 Å². The maximum atomic E-state index is 12.8. The van der Waals surface area contributed by atoms with Crippen LogP contribution in [0.3, 0.4) is 0 Å². The number of hydrogen-bond acceptors (Lipinski definition) is 6. The zero-order chi connectivity index (χ0) is 23.1. The molecule has 0 aliphatic rings. The minimum atomic E-state index is -3.20. The first-order valence-electron chi connectivity index (χ1n) is 10.0. The topological polar surface area (TPSA) is 90.9 Å². The number of esters is 1. The van der Waals surface area contributed by atoms with Crippen LogP contribution in [0.1, 0.15) is 21.5 Å². The Morgan fingerprint density at radius 2 is 1.56 bits per heavy atom. The third kappa shape index (κ3) is 5.62. The summed E-state index contributed by atoms with van der Waals surface area (Å²) < 4.78 is 27.1. The summed E-state index contributed by atoms with van der Waals surface area (Å²) >= 11 is 0. The monoisotopic (exact) mass is 455 g/mol. The first kappa shape index (κ1) is 23.7. The van der Waals surface area contributed by atoms with Gasteiger partial charge in [-0.3, -0.25) is 9.36 Å². The molecule has 0 aliphatic carbocycles. The van der Waals surface area contributed by atoms with E-state index < -0.39 is 25.5 Å². The fourth-order valence-electron chi connectivity index (χ4n) is 3.46. The van der Waals surface area contributed by atoms with Crippen molar-refractivity contribution in [3.63, 3.8) is 0 Å². The number of hydrogen-bond donors (Lipinski definition) is 1. The van der Waals surface area contributed by atoms with Crippen LogP contribution in [-0.4, -0.2) is 39.2 Å². The van der Waals surface area contributed by atoms with Gasteiger partial charge in [-0.15, -0.1) is 0 Å². The van der Waals surface area contributed by atoms with Crippen molar-refractivity contribution in [3.8, 4) is 0 Å². The Balaban J connectivity index is 1.76. The Kier molecular flexibility index (Phi) is 7.80. The molecule has 7 nitrogen and oxygen atoms in total. The molecule has 0 aromatic heterocycles. The van der Waals surface area contributed by atoms with Crippen molar-refractivity contribution in [2.24, 2.45) is 0 Å². The van der Waals surface area contributed by atoms with Gasteiger partial charge >= 0.3 is 13.6 Å². The largest absolute Gasteiger partial charge is 0.467 e. The normalized spacial score (nSPS) is 12.3. The fraction of sp³-hybridized carbons (Fsp3) is 0.250. The van der Waals surface area contributed by atoms with Crippen LogP contribution in [0.25, 0.3) is 10.8 Å². The van der Waals surface area contributed by atoms with Crippen LogP contribution < -0.4 is 5.32 Å². The molecule has 0 saturated heterocycles. The maximum absolute atomic E-state index is 12.8. The van der Waals surface area contributed by atoms with E-state index in [9.17, 15) is 14.2 Å². The van der Waals surface area contributed by atoms with Gasteiger partial charge in [-0.1, -0.05) is 54.6 Å². The molecule has 0 aliphatic heterocycles. The molecule has 1 amide bonds. The molecular weight excluding hydrogens is 429 g/mol. The molecule has 0 saturated carbocycles. The van der Waals surface area contributed by atoms with E-state index >= 15 is 0 Å². The summed E-state index contributed by atoms with van der Waals surface area (Å²) in [5.41, 5.74) is 2.00. The highest BCUT2D eigenvalue weighted by Crippen LogP contribution is 2.49. The van der Waals surface area contributed by atoms with Crippen LogP contribution in [0.15, 0.2) is 66.7 Å². The molecule has 0 fully saturated rings. The third-order valence-corrected chi connectivity index (χ3v) is 7.11. The minimum Gasteiger partial charge on any atom is -0.467 e. The van der Waals surface area contributed by atoms with Gasteiger partial charge in [0, 0.05) is 26.2 Å². The first-order valence-corrected chi connectivity index (χ1v) is 11.8. The number of rotatable bonds is 9. The summed E-state index contributed by atoms with van der Waals surface area (Å²) in [7, 11) is 0.749. The van der Waals surface area contributed by atoms with Gasteiger partial charge in [0.1, 0.15) is 6.04 Å². The van der Waals surface area contributed by atoms with E-state index in [2.05, 4.69) is 5.32 Å². The highest BCUT2D eigenvalue weighted by molar-refractivity contribution is 7.52. The van der Waals surface area contributed by atoms with Crippen molar-refractivity contribution in [2.45, 2.75) is 18.6 Å². The molecule has 1 N–H and O–H groups in total. The average Bonchev–Trinajstić information content (AvgIpc) is 2.83. The van der Waals surface area contributed by atoms with Crippen LogP contribution in [0.5, 0.6) is 0 Å². The summed E-state index contributed by atoms with van der Waals surface area (Å²) in [5, 5.41) is 4.84. The zero-order valence-corrected chi connectivity index (χ0v) is 19.1. The van der Waals surface area contributed by atoms with Crippen molar-refractivity contribution in [3.05, 3.63) is 83.4 Å². The van der Waals surface area contributed by atoms with Gasteiger partial charge in [0.25, 0.3) is 5.91 Å². The van der Waals surface area contributed by atoms with Crippen LogP contribution >= 0.6 is 7.60 Å². The molecule has 8 heteroatoms. The SMILES string of the molecule is COC(=O)[C@@H](Cc1cccc2ccccc12)NC(=O)c1ccc(CP(=O)(OC)OC)cc1. The van der Waals surface area contributed by atoms with Gasteiger partial charge < -0.3 is 19.1 Å². The first-order chi connectivity index (χ1) is 15.4. The third-order valence-electron chi connectivity index (χ3n) is 5.24. The number of carbonyl (C=O) groups is 2. The Morgan fingerprint density at radius 1 is 0.906 bits per heavy atom. The van der Waals surface area contributed by atoms with E-state index in [1.165, 1.54) is 21.3 Å². The molecule has 0 bridgehead atoms. The van der Waals surface area contributed by atoms with Crippen LogP contribution in [0.4, 0.5) is 0 Å². The molecule has 0 spiro atoms. The van der Waals surface area contributed by atoms with Crippen molar-refractivity contribution in [1.82, 2.24) is 5.32 Å². The summed E-state index contributed by atoms with van der Waals surface area (Å²) in [6.07, 6.45) is 0.385. The lowest BCUT2D eigenvalue weighted by atomic mass is 9.98. The lowest BCUT2D eigenvalue weighted by Crippen LogP contribution is -2.43. The highest BCUT2D eigenvalue weighted by Gasteiger charge is 2.24. The van der Waals surface area contributed by atoms with E-state index in [-0.39, 0.29) is 6.16 Å². The average molecular weight is 455 g/mol. The van der Waals surface area contributed by atoms with Gasteiger partial charge in [0.2, 0.25) is 0 Å². The van der Waals surface area contributed by atoms with Gasteiger partial charge in [0.05, 0.1) is 13.3 Å². The van der Waals surface area contributed by atoms with Crippen molar-refractivity contribution < 1.29 is 27.9 Å². The second-order valence-electron chi connectivity index (χ2n) is 7.22. The molecule has 0 radical (unpaired) electrons. The van der Waals surface area contributed by atoms with E-state index in [1.54, 1.807) is 24.3 Å². The molecule has 168 valence electrons. The summed E-state index contributed by atoms with van der Waals surface area (Å²) in [6.45, 7) is 0. The van der Waals surface area contributed by atoms with Crippen molar-refractivity contribution >= 4 is 30.2 Å². The van der Waals surface area contributed by atoms with Crippen LogP contribution in [-0.2, 0) is 35.7 Å². The second-order valence-corrected chi connectivity index (χ2v) is 9.49. The Hall–Kier alpha value is -2.99. The molecule has 0 heterocycles. The molecular formula is C24H26NO6P. The quantitative estimate of drug-likeness (QED) is 0.381. The molecule has 3 rings (SSSR count). The summed E-state index contributed by atoms with van der Waals surface area (Å²) in [6, 6.07) is 19.4. The van der Waals surface area contributed by atoms with Crippen molar-refractivity contribution in [1.29, 1.82) is 0 Å². The van der Waals surface area contributed by atoms with E-state index in [1.807, 2.05) is 42.5 Å². The standard InChI is InChI=1S/C24H26NO6P/c1-29-24(27)22(15-20-9-6-8-18-7-4-5-10-21(18)20)25-23(26)19-13-11-17(12-14-19)16-32(28,30-2)31-3/h4-14,22H,15-16H2,1-3H3,(H,25,26)/t22-/m1/s1. The second kappa shape index (κ2) is 10.6. The molecule has 3 aromatic carbocycles. The molecule has 1 atom stereocenters. The smallest absolute Gasteiger partial charge is 0.334 e. The van der Waals surface area contributed by atoms with Crippen LogP contribution in [0.2, 0.25) is 0 Å². The van der Waals surface area contributed by atoms with Gasteiger partial charge in [-0.25, -0.2) is 4.79 Å². The zero-order valence-electron chi connectivity index (χ0n) is 18.2. The fourth-order valence-corrected chi connectivity index (χ4v) is 4.52. The number of carbonyl (C=O) groups excluding carboxylic acids is 2. The number of amides is 1. The Morgan fingerprint density at radius 3 is 2.22 bits per heavy atom. The number of fused-ring (bicyclic) bond motifs is 1. The highest BCUT2D eigenvalue weighted by atomic mass is 31.2. The predicted octanol–water partition coefficient (Wildman–Crippen LogP) is 4.34. The van der Waals surface area contributed by atoms with E-state index in [0.29, 0.717) is 17.5 Å². The number of methoxy groups -OCH3 is 1. The van der Waals surface area contributed by atoms with Crippen LogP contribution in [0, 0.1) is 0 Å². The van der Waals surface area contributed by atoms with Crippen molar-refractivity contribution in [2.75, 3.05) is 21.3 Å². The predicted molar refractivity (Wildman–Crippen MR) is 123 cm³/mol. The number of benzene rings is 3. The van der Waals surface area contributed by atoms with E-state index in [0.717, 1.165) is 16.3 Å². The lowest BCUT2D eigenvalue weighted by Gasteiger charge is -2.18. The Bertz CT molecular complexity index is 1130. The van der Waals surface area contributed by atoms with E-state index in [4.69, 9.17) is 13.8 Å². The number of nitrogens with one attached hydrogen (secondary N) is 1. The summed E-state index contributed by atoms with van der Waals surface area (Å²) in [5.74, 6) is -0.933. The minimum absolute atomic E-state index is 0.0910. The molecule has 3 aromatic rings. The molecule has 32 heavy (non-hydrogen) atoms. The summed E-state index contributed by atoms with van der Waals surface area (Å²) in [4.78, 5) is 25.2. The number of ether oxygens (including phenoxy) is 1. The van der Waals surface area contributed by atoms with Gasteiger partial charge in [-0.05, 0) is 34.0 Å². The van der Waals surface area contributed by atoms with Gasteiger partial charge in [-0.2, -0.15) is 0 Å². The van der Waals surface area contributed by atoms with Gasteiger partial charge in [0.15, 0.2) is 0 Å².